The minimum atomic E-state index is -0.770. The molecule has 0 bridgehead atoms. The fourth-order valence-electron chi connectivity index (χ4n) is 3.64. The third kappa shape index (κ3) is 3.77. The first-order valence-corrected chi connectivity index (χ1v) is 10.2. The number of carbonyl (C=O) groups is 1. The Bertz CT molecular complexity index is 764. The highest BCUT2D eigenvalue weighted by Gasteiger charge is 2.40. The first-order valence-electron chi connectivity index (χ1n) is 9.34. The van der Waals surface area contributed by atoms with Crippen molar-refractivity contribution in [2.75, 3.05) is 39.4 Å². The lowest BCUT2D eigenvalue weighted by molar-refractivity contribution is -0.142. The van der Waals surface area contributed by atoms with E-state index in [1.807, 2.05) is 22.4 Å². The number of rotatable bonds is 4. The highest BCUT2D eigenvalue weighted by Crippen LogP contribution is 2.27. The second-order valence-corrected chi connectivity index (χ2v) is 8.15. The van der Waals surface area contributed by atoms with E-state index in [2.05, 4.69) is 22.0 Å². The van der Waals surface area contributed by atoms with Gasteiger partial charge in [0.25, 0.3) is 0 Å². The summed E-state index contributed by atoms with van der Waals surface area (Å²) in [6, 6.07) is 3.96. The van der Waals surface area contributed by atoms with E-state index in [-0.39, 0.29) is 11.9 Å². The molecule has 2 aliphatic heterocycles. The van der Waals surface area contributed by atoms with Crippen LogP contribution in [-0.4, -0.2) is 70.8 Å². The van der Waals surface area contributed by atoms with Crippen molar-refractivity contribution in [2.45, 2.75) is 31.3 Å². The van der Waals surface area contributed by atoms with Gasteiger partial charge in [-0.3, -0.25) is 9.69 Å². The summed E-state index contributed by atoms with van der Waals surface area (Å²) in [5.74, 6) is 1.29. The summed E-state index contributed by atoms with van der Waals surface area (Å²) in [6.07, 6.45) is 1.19. The molecule has 9 heteroatoms. The number of thiophene rings is 1. The van der Waals surface area contributed by atoms with Gasteiger partial charge in [0.05, 0.1) is 16.5 Å². The van der Waals surface area contributed by atoms with Gasteiger partial charge in [0.2, 0.25) is 17.6 Å². The Balaban J connectivity index is 1.35. The largest absolute Gasteiger partial charge is 0.381 e. The molecule has 0 spiro atoms. The van der Waals surface area contributed by atoms with Crippen molar-refractivity contribution in [3.8, 4) is 10.7 Å². The lowest BCUT2D eigenvalue weighted by Crippen LogP contribution is -2.61. The lowest BCUT2D eigenvalue weighted by atomic mass is 9.89. The third-order valence-electron chi connectivity index (χ3n) is 5.50. The number of aromatic nitrogens is 2. The number of amides is 1. The highest BCUT2D eigenvalue weighted by atomic mass is 32.1. The van der Waals surface area contributed by atoms with Gasteiger partial charge in [-0.25, -0.2) is 0 Å². The molecule has 4 heterocycles. The lowest BCUT2D eigenvalue weighted by Gasteiger charge is -2.41. The van der Waals surface area contributed by atoms with E-state index in [4.69, 9.17) is 15.0 Å². The van der Waals surface area contributed by atoms with Crippen LogP contribution < -0.4 is 5.73 Å². The van der Waals surface area contributed by atoms with Gasteiger partial charge in [-0.2, -0.15) is 4.98 Å². The molecular formula is C18H25N5O3S. The van der Waals surface area contributed by atoms with Crippen LogP contribution in [-0.2, 0) is 9.53 Å². The minimum Gasteiger partial charge on any atom is -0.381 e. The zero-order valence-corrected chi connectivity index (χ0v) is 16.3. The molecule has 1 amide bonds. The van der Waals surface area contributed by atoms with Crippen LogP contribution in [0.3, 0.4) is 0 Å². The van der Waals surface area contributed by atoms with Crippen LogP contribution in [0.25, 0.3) is 10.7 Å². The average Bonchev–Trinajstić information content (AvgIpc) is 3.39. The van der Waals surface area contributed by atoms with E-state index in [9.17, 15) is 4.79 Å². The molecule has 2 aromatic heterocycles. The van der Waals surface area contributed by atoms with Crippen molar-refractivity contribution in [3.05, 3.63) is 23.4 Å². The van der Waals surface area contributed by atoms with Crippen LogP contribution in [0.1, 0.15) is 31.7 Å². The molecule has 2 saturated heterocycles. The standard InChI is InChI=1S/C18H25N5O3S/c1-13(16-20-15(21-26-16)14-3-2-12-27-14)22-6-8-23(9-7-22)17(24)18(19)4-10-25-11-5-18/h2-3,12-13H,4-11,19H2,1H3. The number of hydrogen-bond acceptors (Lipinski definition) is 8. The van der Waals surface area contributed by atoms with Gasteiger partial charge in [-0.05, 0) is 31.2 Å². The Hall–Kier alpha value is -1.81. The van der Waals surface area contributed by atoms with Crippen molar-refractivity contribution >= 4 is 17.2 Å². The van der Waals surface area contributed by atoms with Crippen molar-refractivity contribution in [1.29, 1.82) is 0 Å². The van der Waals surface area contributed by atoms with E-state index < -0.39 is 5.54 Å². The summed E-state index contributed by atoms with van der Waals surface area (Å²) in [7, 11) is 0. The number of piperazine rings is 1. The third-order valence-corrected chi connectivity index (χ3v) is 6.37. The van der Waals surface area contributed by atoms with Gasteiger partial charge in [0.15, 0.2) is 0 Å². The van der Waals surface area contributed by atoms with E-state index >= 15 is 0 Å². The van der Waals surface area contributed by atoms with Gasteiger partial charge in [0, 0.05) is 39.4 Å². The molecule has 0 radical (unpaired) electrons. The van der Waals surface area contributed by atoms with Crippen LogP contribution in [0, 0.1) is 0 Å². The summed E-state index contributed by atoms with van der Waals surface area (Å²) < 4.78 is 10.8. The van der Waals surface area contributed by atoms with Gasteiger partial charge < -0.3 is 19.9 Å². The number of nitrogens with zero attached hydrogens (tertiary/aromatic N) is 4. The van der Waals surface area contributed by atoms with Crippen LogP contribution in [0.4, 0.5) is 0 Å². The maximum atomic E-state index is 12.8. The first kappa shape index (κ1) is 18.5. The predicted molar refractivity (Wildman–Crippen MR) is 101 cm³/mol. The van der Waals surface area contributed by atoms with Gasteiger partial charge in [0.1, 0.15) is 0 Å². The zero-order chi connectivity index (χ0) is 18.9. The molecule has 27 heavy (non-hydrogen) atoms. The molecule has 0 saturated carbocycles. The van der Waals surface area contributed by atoms with E-state index in [0.717, 1.165) is 18.0 Å². The summed E-state index contributed by atoms with van der Waals surface area (Å²) in [4.78, 5) is 22.5. The topological polar surface area (TPSA) is 97.7 Å². The SMILES string of the molecule is CC(c1nc(-c2cccs2)no1)N1CCN(C(=O)C2(N)CCOCC2)CC1. The number of nitrogens with two attached hydrogens (primary N) is 1. The van der Waals surface area contributed by atoms with E-state index in [0.29, 0.717) is 50.9 Å². The minimum absolute atomic E-state index is 0.0124. The van der Waals surface area contributed by atoms with Crippen molar-refractivity contribution < 1.29 is 14.1 Å². The number of ether oxygens (including phenoxy) is 1. The van der Waals surface area contributed by atoms with E-state index in [1.165, 1.54) is 0 Å². The molecule has 4 rings (SSSR count). The second-order valence-electron chi connectivity index (χ2n) is 7.21. The van der Waals surface area contributed by atoms with Crippen LogP contribution in [0.15, 0.2) is 22.0 Å². The van der Waals surface area contributed by atoms with Gasteiger partial charge in [-0.1, -0.05) is 11.2 Å². The number of carbonyl (C=O) groups excluding carboxylic acids is 1. The normalized spacial score (nSPS) is 21.9. The zero-order valence-electron chi connectivity index (χ0n) is 15.5. The van der Waals surface area contributed by atoms with Crippen LogP contribution in [0.2, 0.25) is 0 Å². The molecule has 0 aromatic carbocycles. The summed E-state index contributed by atoms with van der Waals surface area (Å²) in [5.41, 5.74) is 5.58. The monoisotopic (exact) mass is 391 g/mol. The quantitative estimate of drug-likeness (QED) is 0.844. The highest BCUT2D eigenvalue weighted by molar-refractivity contribution is 7.13. The molecule has 2 N–H and O–H groups in total. The summed E-state index contributed by atoms with van der Waals surface area (Å²) in [6.45, 7) is 6.02. The summed E-state index contributed by atoms with van der Waals surface area (Å²) in [5, 5.41) is 6.09. The summed E-state index contributed by atoms with van der Waals surface area (Å²) >= 11 is 1.59. The van der Waals surface area contributed by atoms with Crippen molar-refractivity contribution in [2.24, 2.45) is 5.73 Å². The molecule has 2 aliphatic rings. The van der Waals surface area contributed by atoms with Crippen LogP contribution in [0.5, 0.6) is 0 Å². The average molecular weight is 391 g/mol. The Labute approximate surface area is 162 Å². The molecule has 146 valence electrons. The Morgan fingerprint density at radius 3 is 2.70 bits per heavy atom. The molecule has 1 unspecified atom stereocenters. The second kappa shape index (κ2) is 7.67. The molecule has 0 aliphatic carbocycles. The molecular weight excluding hydrogens is 366 g/mol. The molecule has 8 nitrogen and oxygen atoms in total. The Morgan fingerprint density at radius 2 is 2.04 bits per heavy atom. The smallest absolute Gasteiger partial charge is 0.244 e. The Morgan fingerprint density at radius 1 is 1.30 bits per heavy atom. The Kier molecular flexibility index (Phi) is 5.27. The van der Waals surface area contributed by atoms with Gasteiger partial charge in [-0.15, -0.1) is 11.3 Å². The molecule has 2 aromatic rings. The molecule has 1 atom stereocenters. The fraction of sp³-hybridized carbons (Fsp3) is 0.611. The predicted octanol–water partition coefficient (Wildman–Crippen LogP) is 1.51. The maximum absolute atomic E-state index is 12.8. The number of hydrogen-bond donors (Lipinski definition) is 1. The van der Waals surface area contributed by atoms with Crippen molar-refractivity contribution in [1.82, 2.24) is 19.9 Å². The van der Waals surface area contributed by atoms with Crippen LogP contribution >= 0.6 is 11.3 Å². The molecule has 2 fully saturated rings. The first-order chi connectivity index (χ1) is 13.1. The van der Waals surface area contributed by atoms with Crippen molar-refractivity contribution in [3.63, 3.8) is 0 Å². The van der Waals surface area contributed by atoms with Gasteiger partial charge >= 0.3 is 0 Å². The van der Waals surface area contributed by atoms with E-state index in [1.54, 1.807) is 11.3 Å². The fourth-order valence-corrected chi connectivity index (χ4v) is 4.29. The maximum Gasteiger partial charge on any atom is 0.244 e.